The molecule has 1 atom stereocenters. The number of thiazole rings is 1. The van der Waals surface area contributed by atoms with E-state index in [1.54, 1.807) is 11.3 Å². The van der Waals surface area contributed by atoms with Crippen molar-refractivity contribution in [1.82, 2.24) is 15.3 Å². The van der Waals surface area contributed by atoms with Gasteiger partial charge in [0.05, 0.1) is 0 Å². The van der Waals surface area contributed by atoms with E-state index in [1.165, 1.54) is 5.56 Å². The van der Waals surface area contributed by atoms with Crippen LogP contribution in [-0.4, -0.2) is 43.2 Å². The second-order valence-corrected chi connectivity index (χ2v) is 6.09. The molecule has 1 aliphatic rings. The molecule has 1 N–H and O–H groups in total. The molecule has 2 aromatic rings. The Balaban J connectivity index is 1.72. The summed E-state index contributed by atoms with van der Waals surface area (Å²) in [6, 6.07) is 4.49. The maximum atomic E-state index is 4.61. The van der Waals surface area contributed by atoms with Gasteiger partial charge in [-0.25, -0.2) is 9.97 Å². The third-order valence-electron chi connectivity index (χ3n) is 3.99. The highest BCUT2D eigenvalue weighted by Gasteiger charge is 2.22. The first kappa shape index (κ1) is 14.3. The molecule has 21 heavy (non-hydrogen) atoms. The minimum absolute atomic E-state index is 0.311. The summed E-state index contributed by atoms with van der Waals surface area (Å²) in [5, 5.41) is 6.47. The summed E-state index contributed by atoms with van der Waals surface area (Å²) in [6.07, 6.45) is 3.76. The number of pyridine rings is 1. The molecule has 3 rings (SSSR count). The predicted molar refractivity (Wildman–Crippen MR) is 88.3 cm³/mol. The Labute approximate surface area is 129 Å². The summed E-state index contributed by atoms with van der Waals surface area (Å²) in [5.74, 6) is 1.11. The van der Waals surface area contributed by atoms with E-state index in [-0.39, 0.29) is 0 Å². The van der Waals surface area contributed by atoms with Crippen LogP contribution in [-0.2, 0) is 0 Å². The summed E-state index contributed by atoms with van der Waals surface area (Å²) in [4.78, 5) is 13.7. The quantitative estimate of drug-likeness (QED) is 0.937. The van der Waals surface area contributed by atoms with Gasteiger partial charge < -0.3 is 15.1 Å². The minimum Gasteiger partial charge on any atom is -0.353 e. The number of aromatic nitrogens is 2. The molecule has 0 aromatic carbocycles. The van der Waals surface area contributed by atoms with Crippen LogP contribution in [0.2, 0.25) is 0 Å². The van der Waals surface area contributed by atoms with Crippen LogP contribution in [0.25, 0.3) is 0 Å². The fourth-order valence-electron chi connectivity index (χ4n) is 2.65. The number of hydrogen-bond acceptors (Lipinski definition) is 6. The van der Waals surface area contributed by atoms with Crippen molar-refractivity contribution in [3.63, 3.8) is 0 Å². The first-order valence-corrected chi connectivity index (χ1v) is 8.19. The van der Waals surface area contributed by atoms with Crippen LogP contribution in [0.15, 0.2) is 29.9 Å². The fourth-order valence-corrected chi connectivity index (χ4v) is 3.35. The first-order chi connectivity index (χ1) is 10.3. The Morgan fingerprint density at radius 1 is 1.14 bits per heavy atom. The molecule has 0 aliphatic carbocycles. The van der Waals surface area contributed by atoms with Gasteiger partial charge in [-0.1, -0.05) is 6.07 Å². The Bertz CT molecular complexity index is 563. The van der Waals surface area contributed by atoms with Gasteiger partial charge in [0, 0.05) is 55.6 Å². The minimum atomic E-state index is 0.311. The summed E-state index contributed by atoms with van der Waals surface area (Å²) in [5.41, 5.74) is 1.27. The molecule has 0 amide bonds. The van der Waals surface area contributed by atoms with Crippen LogP contribution in [0.3, 0.4) is 0 Å². The molecule has 0 spiro atoms. The van der Waals surface area contributed by atoms with E-state index in [9.17, 15) is 0 Å². The third kappa shape index (κ3) is 3.01. The number of piperazine rings is 1. The summed E-state index contributed by atoms with van der Waals surface area (Å²) in [7, 11) is 1.99. The smallest absolute Gasteiger partial charge is 0.185 e. The predicted octanol–water partition coefficient (Wildman–Crippen LogP) is 2.15. The fraction of sp³-hybridized carbons (Fsp3) is 0.467. The highest BCUT2D eigenvalue weighted by Crippen LogP contribution is 2.26. The van der Waals surface area contributed by atoms with Gasteiger partial charge in [-0.05, 0) is 20.0 Å². The van der Waals surface area contributed by atoms with Crippen LogP contribution in [0, 0.1) is 0 Å². The van der Waals surface area contributed by atoms with E-state index >= 15 is 0 Å². The average molecular weight is 303 g/mol. The molecule has 3 heterocycles. The lowest BCUT2D eigenvalue weighted by molar-refractivity contribution is 0.618. The highest BCUT2D eigenvalue weighted by atomic mass is 32.1. The van der Waals surface area contributed by atoms with Crippen molar-refractivity contribution in [1.29, 1.82) is 0 Å². The SMILES string of the molecule is CNC(C)c1cccnc1N1CCN(c2nccs2)CC1. The van der Waals surface area contributed by atoms with Gasteiger partial charge in [-0.3, -0.25) is 0 Å². The zero-order valence-corrected chi connectivity index (χ0v) is 13.3. The lowest BCUT2D eigenvalue weighted by Crippen LogP contribution is -2.47. The monoisotopic (exact) mass is 303 g/mol. The van der Waals surface area contributed by atoms with Gasteiger partial charge in [0.1, 0.15) is 5.82 Å². The van der Waals surface area contributed by atoms with Crippen molar-refractivity contribution in [3.8, 4) is 0 Å². The maximum absolute atomic E-state index is 4.61. The van der Waals surface area contributed by atoms with Gasteiger partial charge in [-0.15, -0.1) is 11.3 Å². The van der Waals surface area contributed by atoms with Gasteiger partial charge >= 0.3 is 0 Å². The van der Waals surface area contributed by atoms with Gasteiger partial charge in [-0.2, -0.15) is 0 Å². The molecular formula is C15H21N5S. The van der Waals surface area contributed by atoms with E-state index < -0.39 is 0 Å². The van der Waals surface area contributed by atoms with E-state index in [4.69, 9.17) is 0 Å². The molecule has 1 saturated heterocycles. The van der Waals surface area contributed by atoms with E-state index in [0.29, 0.717) is 6.04 Å². The van der Waals surface area contributed by atoms with Crippen molar-refractivity contribution in [2.75, 3.05) is 43.0 Å². The Morgan fingerprint density at radius 2 is 1.90 bits per heavy atom. The van der Waals surface area contributed by atoms with Gasteiger partial charge in [0.15, 0.2) is 5.13 Å². The molecule has 0 bridgehead atoms. The molecule has 1 fully saturated rings. The molecule has 112 valence electrons. The number of anilines is 2. The second kappa shape index (κ2) is 6.41. The number of nitrogens with one attached hydrogen (secondary N) is 1. The molecule has 5 nitrogen and oxygen atoms in total. The van der Waals surface area contributed by atoms with Crippen LogP contribution < -0.4 is 15.1 Å². The number of nitrogens with zero attached hydrogens (tertiary/aromatic N) is 4. The third-order valence-corrected chi connectivity index (χ3v) is 4.82. The largest absolute Gasteiger partial charge is 0.353 e. The standard InChI is InChI=1S/C15H21N5S/c1-12(16-2)13-4-3-5-17-14(13)19-7-9-20(10-8-19)15-18-6-11-21-15/h3-6,11-12,16H,7-10H2,1-2H3. The molecule has 0 radical (unpaired) electrons. The summed E-state index contributed by atoms with van der Waals surface area (Å²) >= 11 is 1.71. The molecule has 1 aliphatic heterocycles. The zero-order valence-electron chi connectivity index (χ0n) is 12.5. The Hall–Kier alpha value is -1.66. The lowest BCUT2D eigenvalue weighted by Gasteiger charge is -2.36. The van der Waals surface area contributed by atoms with Gasteiger partial charge in [0.2, 0.25) is 0 Å². The normalized spacial score (nSPS) is 17.0. The summed E-state index contributed by atoms with van der Waals surface area (Å²) in [6.45, 7) is 6.14. The van der Waals surface area contributed by atoms with E-state index in [1.807, 2.05) is 30.9 Å². The topological polar surface area (TPSA) is 44.3 Å². The van der Waals surface area contributed by atoms with Crippen molar-refractivity contribution >= 4 is 22.3 Å². The highest BCUT2D eigenvalue weighted by molar-refractivity contribution is 7.13. The first-order valence-electron chi connectivity index (χ1n) is 7.31. The molecular weight excluding hydrogens is 282 g/mol. The number of rotatable bonds is 4. The van der Waals surface area contributed by atoms with Crippen molar-refractivity contribution < 1.29 is 0 Å². The zero-order chi connectivity index (χ0) is 14.7. The lowest BCUT2D eigenvalue weighted by atomic mass is 10.1. The van der Waals surface area contributed by atoms with Gasteiger partial charge in [0.25, 0.3) is 0 Å². The molecule has 6 heteroatoms. The summed E-state index contributed by atoms with van der Waals surface area (Å²) < 4.78 is 0. The number of hydrogen-bond donors (Lipinski definition) is 1. The van der Waals surface area contributed by atoms with Crippen LogP contribution in [0.1, 0.15) is 18.5 Å². The molecule has 0 saturated carbocycles. The second-order valence-electron chi connectivity index (χ2n) is 5.22. The molecule has 2 aromatic heterocycles. The van der Waals surface area contributed by atoms with Crippen LogP contribution in [0.4, 0.5) is 10.9 Å². The Morgan fingerprint density at radius 3 is 2.57 bits per heavy atom. The van der Waals surface area contributed by atoms with Crippen molar-refractivity contribution in [2.45, 2.75) is 13.0 Å². The Kier molecular flexibility index (Phi) is 4.36. The van der Waals surface area contributed by atoms with Crippen molar-refractivity contribution in [3.05, 3.63) is 35.5 Å². The van der Waals surface area contributed by atoms with Crippen LogP contribution in [0.5, 0.6) is 0 Å². The van der Waals surface area contributed by atoms with Crippen LogP contribution >= 0.6 is 11.3 Å². The maximum Gasteiger partial charge on any atom is 0.185 e. The van der Waals surface area contributed by atoms with E-state index in [0.717, 1.165) is 37.1 Å². The molecule has 1 unspecified atom stereocenters. The average Bonchev–Trinajstić information content (AvgIpc) is 3.09. The van der Waals surface area contributed by atoms with E-state index in [2.05, 4.69) is 38.1 Å². The van der Waals surface area contributed by atoms with Crippen molar-refractivity contribution in [2.24, 2.45) is 0 Å².